The van der Waals surface area contributed by atoms with Crippen LogP contribution in [0.4, 0.5) is 0 Å². The molecular formula is C15H22O4. The molecule has 0 unspecified atom stereocenters. The Bertz CT molecular complexity index is 489. The first kappa shape index (κ1) is 15.3. The third kappa shape index (κ3) is 3.00. The van der Waals surface area contributed by atoms with Crippen molar-refractivity contribution in [2.24, 2.45) is 5.41 Å². The number of carboxylic acid groups (broad SMARTS) is 1. The van der Waals surface area contributed by atoms with E-state index in [0.29, 0.717) is 17.9 Å². The molecule has 0 saturated carbocycles. The van der Waals surface area contributed by atoms with Gasteiger partial charge in [-0.25, -0.2) is 0 Å². The summed E-state index contributed by atoms with van der Waals surface area (Å²) in [6.07, 6.45) is 0.454. The Morgan fingerprint density at radius 1 is 1.21 bits per heavy atom. The van der Waals surface area contributed by atoms with Gasteiger partial charge in [0.1, 0.15) is 0 Å². The van der Waals surface area contributed by atoms with Crippen molar-refractivity contribution in [2.75, 3.05) is 14.2 Å². The normalized spacial score (nSPS) is 11.3. The second-order valence-corrected chi connectivity index (χ2v) is 5.41. The van der Waals surface area contributed by atoms with Crippen LogP contribution in [0.15, 0.2) is 6.07 Å². The molecule has 0 aliphatic carbocycles. The van der Waals surface area contributed by atoms with Crippen molar-refractivity contribution >= 4 is 5.97 Å². The molecule has 0 amide bonds. The number of carbonyl (C=O) groups is 1. The first-order valence-corrected chi connectivity index (χ1v) is 6.19. The molecule has 1 N–H and O–H groups in total. The molecule has 1 aromatic carbocycles. The highest BCUT2D eigenvalue weighted by Crippen LogP contribution is 2.38. The Morgan fingerprint density at radius 2 is 1.74 bits per heavy atom. The number of benzene rings is 1. The maximum Gasteiger partial charge on any atom is 0.309 e. The van der Waals surface area contributed by atoms with Gasteiger partial charge in [0, 0.05) is 0 Å². The molecule has 0 atom stereocenters. The molecule has 106 valence electrons. The topological polar surface area (TPSA) is 55.8 Å². The zero-order valence-electron chi connectivity index (χ0n) is 12.5. The second-order valence-electron chi connectivity index (χ2n) is 5.41. The van der Waals surface area contributed by atoms with Gasteiger partial charge in [0.25, 0.3) is 0 Å². The summed E-state index contributed by atoms with van der Waals surface area (Å²) in [7, 11) is 3.20. The second kappa shape index (κ2) is 5.51. The van der Waals surface area contributed by atoms with Crippen LogP contribution in [0.5, 0.6) is 11.5 Å². The van der Waals surface area contributed by atoms with E-state index in [0.717, 1.165) is 16.7 Å². The fourth-order valence-electron chi connectivity index (χ4n) is 2.17. The van der Waals surface area contributed by atoms with Crippen molar-refractivity contribution in [2.45, 2.75) is 34.1 Å². The lowest BCUT2D eigenvalue weighted by Gasteiger charge is -2.23. The Morgan fingerprint density at radius 3 is 2.16 bits per heavy atom. The molecule has 0 radical (unpaired) electrons. The van der Waals surface area contributed by atoms with Gasteiger partial charge in [-0.1, -0.05) is 6.07 Å². The van der Waals surface area contributed by atoms with E-state index in [1.807, 2.05) is 19.9 Å². The smallest absolute Gasteiger partial charge is 0.309 e. The Kier molecular flexibility index (Phi) is 4.45. The number of rotatable bonds is 5. The lowest BCUT2D eigenvalue weighted by atomic mass is 9.83. The Balaban J connectivity index is 3.31. The summed E-state index contributed by atoms with van der Waals surface area (Å²) >= 11 is 0. The molecule has 1 rings (SSSR count). The van der Waals surface area contributed by atoms with Crippen LogP contribution in [0.3, 0.4) is 0 Å². The molecule has 0 spiro atoms. The van der Waals surface area contributed by atoms with Gasteiger partial charge < -0.3 is 14.6 Å². The number of carboxylic acids is 1. The molecule has 0 heterocycles. The SMILES string of the molecule is COc1c(C)cc(CC(C)(C)C(=O)O)c(C)c1OC. The summed E-state index contributed by atoms with van der Waals surface area (Å²) in [6.45, 7) is 7.30. The summed E-state index contributed by atoms with van der Waals surface area (Å²) in [4.78, 5) is 11.2. The molecule has 0 saturated heterocycles. The van der Waals surface area contributed by atoms with Crippen LogP contribution in [0.25, 0.3) is 0 Å². The van der Waals surface area contributed by atoms with Crippen LogP contribution in [0.1, 0.15) is 30.5 Å². The average molecular weight is 266 g/mol. The number of aryl methyl sites for hydroxylation is 1. The standard InChI is InChI=1S/C15H22O4/c1-9-7-11(8-15(3,4)14(16)17)10(2)13(19-6)12(9)18-5/h7H,8H2,1-6H3,(H,16,17). The largest absolute Gasteiger partial charge is 0.493 e. The average Bonchev–Trinajstić information content (AvgIpc) is 2.32. The highest BCUT2D eigenvalue weighted by atomic mass is 16.5. The summed E-state index contributed by atoms with van der Waals surface area (Å²) in [5, 5.41) is 9.23. The van der Waals surface area contributed by atoms with Crippen LogP contribution in [0.2, 0.25) is 0 Å². The fraction of sp³-hybridized carbons (Fsp3) is 0.533. The maximum absolute atomic E-state index is 11.2. The van der Waals surface area contributed by atoms with Crippen LogP contribution < -0.4 is 9.47 Å². The van der Waals surface area contributed by atoms with E-state index in [-0.39, 0.29) is 0 Å². The van der Waals surface area contributed by atoms with Gasteiger partial charge in [-0.2, -0.15) is 0 Å². The molecule has 0 aromatic heterocycles. The van der Waals surface area contributed by atoms with E-state index in [2.05, 4.69) is 0 Å². The minimum absolute atomic E-state index is 0.454. The van der Waals surface area contributed by atoms with Gasteiger partial charge in [-0.3, -0.25) is 4.79 Å². The minimum Gasteiger partial charge on any atom is -0.493 e. The number of aliphatic carboxylic acids is 1. The van der Waals surface area contributed by atoms with E-state index >= 15 is 0 Å². The summed E-state index contributed by atoms with van der Waals surface area (Å²) < 4.78 is 10.7. The van der Waals surface area contributed by atoms with Crippen LogP contribution in [-0.4, -0.2) is 25.3 Å². The monoisotopic (exact) mass is 266 g/mol. The van der Waals surface area contributed by atoms with E-state index in [1.165, 1.54) is 0 Å². The van der Waals surface area contributed by atoms with Crippen molar-refractivity contribution in [3.63, 3.8) is 0 Å². The van der Waals surface area contributed by atoms with Crippen molar-refractivity contribution < 1.29 is 19.4 Å². The van der Waals surface area contributed by atoms with Gasteiger partial charge in [0.2, 0.25) is 0 Å². The van der Waals surface area contributed by atoms with Gasteiger partial charge >= 0.3 is 5.97 Å². The summed E-state index contributed by atoms with van der Waals surface area (Å²) in [6, 6.07) is 1.97. The van der Waals surface area contributed by atoms with E-state index in [9.17, 15) is 9.90 Å². The van der Waals surface area contributed by atoms with E-state index in [1.54, 1.807) is 28.1 Å². The van der Waals surface area contributed by atoms with Gasteiger partial charge in [0.15, 0.2) is 11.5 Å². The van der Waals surface area contributed by atoms with Crippen molar-refractivity contribution in [1.29, 1.82) is 0 Å². The number of methoxy groups -OCH3 is 2. The summed E-state index contributed by atoms with van der Waals surface area (Å²) in [5.74, 6) is 0.579. The number of hydrogen-bond acceptors (Lipinski definition) is 3. The van der Waals surface area contributed by atoms with Crippen LogP contribution in [0, 0.1) is 19.3 Å². The Hall–Kier alpha value is -1.71. The number of ether oxygens (including phenoxy) is 2. The lowest BCUT2D eigenvalue weighted by Crippen LogP contribution is -2.26. The van der Waals surface area contributed by atoms with Crippen molar-refractivity contribution in [3.8, 4) is 11.5 Å². The lowest BCUT2D eigenvalue weighted by molar-refractivity contribution is -0.146. The van der Waals surface area contributed by atoms with Gasteiger partial charge in [0.05, 0.1) is 19.6 Å². The minimum atomic E-state index is -0.809. The van der Waals surface area contributed by atoms with Crippen LogP contribution >= 0.6 is 0 Å². The highest BCUT2D eigenvalue weighted by molar-refractivity contribution is 5.74. The molecular weight excluding hydrogens is 244 g/mol. The van der Waals surface area contributed by atoms with E-state index in [4.69, 9.17) is 9.47 Å². The van der Waals surface area contributed by atoms with Crippen molar-refractivity contribution in [3.05, 3.63) is 22.8 Å². The van der Waals surface area contributed by atoms with Crippen molar-refractivity contribution in [1.82, 2.24) is 0 Å². The molecule has 4 nitrogen and oxygen atoms in total. The third-order valence-electron chi connectivity index (χ3n) is 3.40. The predicted octanol–water partition coefficient (Wildman–Crippen LogP) is 2.97. The molecule has 19 heavy (non-hydrogen) atoms. The fourth-order valence-corrected chi connectivity index (χ4v) is 2.17. The molecule has 0 fully saturated rings. The quantitative estimate of drug-likeness (QED) is 0.890. The third-order valence-corrected chi connectivity index (χ3v) is 3.40. The van der Waals surface area contributed by atoms with Gasteiger partial charge in [-0.05, 0) is 50.8 Å². The molecule has 0 bridgehead atoms. The predicted molar refractivity (Wildman–Crippen MR) is 74.1 cm³/mol. The molecule has 0 aliphatic rings. The summed E-state index contributed by atoms with van der Waals surface area (Å²) in [5.41, 5.74) is 2.04. The Labute approximate surface area is 114 Å². The zero-order chi connectivity index (χ0) is 14.8. The maximum atomic E-state index is 11.2. The van der Waals surface area contributed by atoms with Crippen LogP contribution in [-0.2, 0) is 11.2 Å². The van der Waals surface area contributed by atoms with Gasteiger partial charge in [-0.15, -0.1) is 0 Å². The highest BCUT2D eigenvalue weighted by Gasteiger charge is 2.29. The zero-order valence-corrected chi connectivity index (χ0v) is 12.5. The molecule has 0 aliphatic heterocycles. The first-order chi connectivity index (χ1) is 8.74. The first-order valence-electron chi connectivity index (χ1n) is 6.19. The molecule has 1 aromatic rings. The van der Waals surface area contributed by atoms with E-state index < -0.39 is 11.4 Å². The molecule has 4 heteroatoms. The number of hydrogen-bond donors (Lipinski definition) is 1.